The van der Waals surface area contributed by atoms with E-state index in [1.54, 1.807) is 6.07 Å². The number of primary amides is 1. The van der Waals surface area contributed by atoms with Crippen LogP contribution in [0.25, 0.3) is 0 Å². The van der Waals surface area contributed by atoms with Crippen LogP contribution in [0.2, 0.25) is 0 Å². The lowest BCUT2D eigenvalue weighted by Gasteiger charge is -2.27. The molecule has 0 aliphatic heterocycles. The summed E-state index contributed by atoms with van der Waals surface area (Å²) in [4.78, 5) is 24.1. The van der Waals surface area contributed by atoms with E-state index < -0.39 is 10.8 Å². The predicted octanol–water partition coefficient (Wildman–Crippen LogP) is 2.82. The van der Waals surface area contributed by atoms with E-state index >= 15 is 0 Å². The second kappa shape index (κ2) is 5.72. The molecule has 1 aliphatic carbocycles. The van der Waals surface area contributed by atoms with Gasteiger partial charge in [0.05, 0.1) is 11.0 Å². The van der Waals surface area contributed by atoms with Crippen LogP contribution in [-0.4, -0.2) is 17.9 Å². The van der Waals surface area contributed by atoms with Gasteiger partial charge < -0.3 is 10.6 Å². The summed E-state index contributed by atoms with van der Waals surface area (Å²) in [6.45, 7) is 0. The first-order chi connectivity index (χ1) is 11.0. The van der Waals surface area contributed by atoms with Crippen LogP contribution in [0.1, 0.15) is 33.9 Å². The summed E-state index contributed by atoms with van der Waals surface area (Å²) in [7, 11) is 1.85. The first kappa shape index (κ1) is 15.0. The molecule has 1 atom stereocenters. The zero-order valence-electron chi connectivity index (χ0n) is 12.7. The van der Waals surface area contributed by atoms with Crippen LogP contribution < -0.4 is 10.6 Å². The zero-order chi connectivity index (χ0) is 16.6. The summed E-state index contributed by atoms with van der Waals surface area (Å²) in [5.74, 6) is -0.673. The van der Waals surface area contributed by atoms with Crippen molar-refractivity contribution >= 4 is 17.3 Å². The van der Waals surface area contributed by atoms with E-state index in [2.05, 4.69) is 12.1 Å². The molecule has 0 aromatic heterocycles. The minimum atomic E-state index is -0.673. The van der Waals surface area contributed by atoms with Gasteiger partial charge in [-0.15, -0.1) is 0 Å². The maximum absolute atomic E-state index is 11.4. The third-order valence-electron chi connectivity index (χ3n) is 4.41. The molecule has 118 valence electrons. The fraction of sp³-hybridized carbons (Fsp3) is 0.235. The number of nitrogens with two attached hydrogens (primary N) is 1. The van der Waals surface area contributed by atoms with Crippen molar-refractivity contribution in [2.45, 2.75) is 18.9 Å². The zero-order valence-corrected chi connectivity index (χ0v) is 12.7. The van der Waals surface area contributed by atoms with Crippen LogP contribution in [0.4, 0.5) is 11.4 Å². The van der Waals surface area contributed by atoms with Crippen LogP contribution in [-0.2, 0) is 6.42 Å². The van der Waals surface area contributed by atoms with E-state index in [1.807, 2.05) is 24.1 Å². The highest BCUT2D eigenvalue weighted by Gasteiger charge is 2.29. The van der Waals surface area contributed by atoms with Gasteiger partial charge in [-0.1, -0.05) is 24.3 Å². The van der Waals surface area contributed by atoms with Crippen molar-refractivity contribution in [2.24, 2.45) is 5.73 Å². The van der Waals surface area contributed by atoms with E-state index in [0.717, 1.165) is 12.8 Å². The molecule has 0 heterocycles. The van der Waals surface area contributed by atoms with Gasteiger partial charge in [0.25, 0.3) is 5.69 Å². The Morgan fingerprint density at radius 3 is 2.74 bits per heavy atom. The van der Waals surface area contributed by atoms with Crippen LogP contribution in [0.3, 0.4) is 0 Å². The lowest BCUT2D eigenvalue weighted by atomic mass is 10.1. The number of benzene rings is 2. The van der Waals surface area contributed by atoms with Gasteiger partial charge in [0.2, 0.25) is 5.91 Å². The number of amides is 1. The molecule has 6 heteroatoms. The number of nitrogens with zero attached hydrogens (tertiary/aromatic N) is 2. The fourth-order valence-corrected chi connectivity index (χ4v) is 3.23. The van der Waals surface area contributed by atoms with Crippen molar-refractivity contribution in [3.63, 3.8) is 0 Å². The Morgan fingerprint density at radius 1 is 1.30 bits per heavy atom. The summed E-state index contributed by atoms with van der Waals surface area (Å²) in [5.41, 5.74) is 8.22. The number of carbonyl (C=O) groups is 1. The molecular formula is C17H17N3O3. The molecule has 23 heavy (non-hydrogen) atoms. The molecule has 2 N–H and O–H groups in total. The van der Waals surface area contributed by atoms with Gasteiger partial charge in [-0.3, -0.25) is 14.9 Å². The van der Waals surface area contributed by atoms with Gasteiger partial charge >= 0.3 is 0 Å². The largest absolute Gasteiger partial charge is 0.366 e. The number of carbonyl (C=O) groups excluding carboxylic acids is 1. The van der Waals surface area contributed by atoms with Crippen LogP contribution >= 0.6 is 0 Å². The topological polar surface area (TPSA) is 89.5 Å². The van der Waals surface area contributed by atoms with E-state index in [0.29, 0.717) is 5.69 Å². The van der Waals surface area contributed by atoms with Crippen LogP contribution in [0.15, 0.2) is 42.5 Å². The Kier molecular flexibility index (Phi) is 3.73. The van der Waals surface area contributed by atoms with Crippen molar-refractivity contribution in [3.05, 3.63) is 69.3 Å². The molecule has 2 aromatic carbocycles. The summed E-state index contributed by atoms with van der Waals surface area (Å²) in [6.07, 6.45) is 1.86. The second-order valence-corrected chi connectivity index (χ2v) is 5.69. The number of aryl methyl sites for hydroxylation is 1. The second-order valence-electron chi connectivity index (χ2n) is 5.69. The van der Waals surface area contributed by atoms with Crippen molar-refractivity contribution < 1.29 is 9.72 Å². The molecule has 0 bridgehead atoms. The molecule has 3 rings (SSSR count). The summed E-state index contributed by atoms with van der Waals surface area (Å²) in [6, 6.07) is 12.6. The van der Waals surface area contributed by atoms with Crippen molar-refractivity contribution in [3.8, 4) is 0 Å². The number of fused-ring (bicyclic) bond motifs is 1. The standard InChI is InChI=1S/C17H17N3O3/c1-19(14-8-6-11-4-2-3-5-13(11)14)15-9-7-12(17(18)21)10-16(15)20(22)23/h2-5,7,9-10,14H,6,8H2,1H3,(H2,18,21). The molecule has 1 aliphatic rings. The first-order valence-electron chi connectivity index (χ1n) is 7.38. The lowest BCUT2D eigenvalue weighted by molar-refractivity contribution is -0.384. The molecule has 0 fully saturated rings. The molecule has 6 nitrogen and oxygen atoms in total. The summed E-state index contributed by atoms with van der Waals surface area (Å²) >= 11 is 0. The third kappa shape index (κ3) is 2.63. The Balaban J connectivity index is 2.02. The van der Waals surface area contributed by atoms with E-state index in [4.69, 9.17) is 5.73 Å². The Bertz CT molecular complexity index is 788. The van der Waals surface area contributed by atoms with Gasteiger partial charge in [0.15, 0.2) is 0 Å². The monoisotopic (exact) mass is 311 g/mol. The Hall–Kier alpha value is -2.89. The molecule has 0 saturated carbocycles. The molecular weight excluding hydrogens is 294 g/mol. The third-order valence-corrected chi connectivity index (χ3v) is 4.41. The number of nitro groups is 1. The molecule has 1 amide bonds. The minimum absolute atomic E-state index is 0.0873. The smallest absolute Gasteiger partial charge is 0.293 e. The SMILES string of the molecule is CN(c1ccc(C(N)=O)cc1[N+](=O)[O-])C1CCc2ccccc21. The maximum Gasteiger partial charge on any atom is 0.293 e. The van der Waals surface area contributed by atoms with E-state index in [-0.39, 0.29) is 17.3 Å². The van der Waals surface area contributed by atoms with Crippen molar-refractivity contribution in [1.82, 2.24) is 0 Å². The number of hydrogen-bond acceptors (Lipinski definition) is 4. The highest BCUT2D eigenvalue weighted by Crippen LogP contribution is 2.40. The molecule has 0 spiro atoms. The van der Waals surface area contributed by atoms with Crippen LogP contribution in [0.5, 0.6) is 0 Å². The molecule has 2 aromatic rings. The Morgan fingerprint density at radius 2 is 2.04 bits per heavy atom. The van der Waals surface area contributed by atoms with Gasteiger partial charge in [-0.05, 0) is 36.1 Å². The highest BCUT2D eigenvalue weighted by atomic mass is 16.6. The molecule has 0 saturated heterocycles. The van der Waals surface area contributed by atoms with Crippen LogP contribution in [0, 0.1) is 10.1 Å². The minimum Gasteiger partial charge on any atom is -0.366 e. The first-order valence-corrected chi connectivity index (χ1v) is 7.38. The summed E-state index contributed by atoms with van der Waals surface area (Å²) in [5, 5.41) is 11.4. The Labute approximate surface area is 133 Å². The van der Waals surface area contributed by atoms with Crippen molar-refractivity contribution in [1.29, 1.82) is 0 Å². The van der Waals surface area contributed by atoms with Gasteiger partial charge in [0, 0.05) is 18.7 Å². The average molecular weight is 311 g/mol. The lowest BCUT2D eigenvalue weighted by Crippen LogP contribution is -2.23. The molecule has 0 radical (unpaired) electrons. The number of rotatable bonds is 4. The highest BCUT2D eigenvalue weighted by molar-refractivity contribution is 5.94. The van der Waals surface area contributed by atoms with Gasteiger partial charge in [0.1, 0.15) is 5.69 Å². The van der Waals surface area contributed by atoms with Gasteiger partial charge in [-0.25, -0.2) is 0 Å². The quantitative estimate of drug-likeness (QED) is 0.694. The summed E-state index contributed by atoms with van der Waals surface area (Å²) < 4.78 is 0. The van der Waals surface area contributed by atoms with E-state index in [9.17, 15) is 14.9 Å². The maximum atomic E-state index is 11.4. The van der Waals surface area contributed by atoms with E-state index in [1.165, 1.54) is 23.3 Å². The predicted molar refractivity (Wildman–Crippen MR) is 87.5 cm³/mol. The number of anilines is 1. The fourth-order valence-electron chi connectivity index (χ4n) is 3.23. The number of hydrogen-bond donors (Lipinski definition) is 1. The average Bonchev–Trinajstić information content (AvgIpc) is 2.97. The normalized spacial score (nSPS) is 16.0. The van der Waals surface area contributed by atoms with Crippen molar-refractivity contribution in [2.75, 3.05) is 11.9 Å². The van der Waals surface area contributed by atoms with Gasteiger partial charge in [-0.2, -0.15) is 0 Å². The molecule has 1 unspecified atom stereocenters. The number of nitro benzene ring substituents is 1.